The molecule has 3 heteroatoms. The first-order valence-electron chi connectivity index (χ1n) is 5.86. The second kappa shape index (κ2) is 4.56. The molecule has 0 saturated carbocycles. The monoisotopic (exact) mass is 218 g/mol. The predicted octanol–water partition coefficient (Wildman–Crippen LogP) is 2.63. The predicted molar refractivity (Wildman–Crippen MR) is 66.8 cm³/mol. The van der Waals surface area contributed by atoms with Crippen molar-refractivity contribution in [3.8, 4) is 0 Å². The maximum atomic E-state index is 11.8. The van der Waals surface area contributed by atoms with Gasteiger partial charge in [-0.3, -0.25) is 4.79 Å². The molecule has 1 aromatic carbocycles. The zero-order valence-corrected chi connectivity index (χ0v) is 9.86. The van der Waals surface area contributed by atoms with Gasteiger partial charge in [-0.1, -0.05) is 6.92 Å². The first kappa shape index (κ1) is 11.0. The van der Waals surface area contributed by atoms with Gasteiger partial charge in [-0.15, -0.1) is 0 Å². The molecule has 1 heterocycles. The summed E-state index contributed by atoms with van der Waals surface area (Å²) in [7, 11) is 1.89. The summed E-state index contributed by atoms with van der Waals surface area (Å²) in [6, 6.07) is 8.42. The molecule has 1 aromatic rings. The van der Waals surface area contributed by atoms with Crippen LogP contribution in [0.1, 0.15) is 26.2 Å². The molecular weight excluding hydrogens is 200 g/mol. The normalized spacial score (nSPS) is 20.2. The molecule has 1 unspecified atom stereocenters. The Balaban J connectivity index is 2.24. The fraction of sp³-hybridized carbons (Fsp3) is 0.462. The highest BCUT2D eigenvalue weighted by molar-refractivity contribution is 5.96. The highest BCUT2D eigenvalue weighted by atomic mass is 16.2. The van der Waals surface area contributed by atoms with Crippen LogP contribution in [0.5, 0.6) is 0 Å². The number of anilines is 2. The number of nitrogens with zero attached hydrogens (tertiary/aromatic N) is 1. The molecule has 0 aliphatic carbocycles. The van der Waals surface area contributed by atoms with Gasteiger partial charge in [0.1, 0.15) is 0 Å². The summed E-state index contributed by atoms with van der Waals surface area (Å²) < 4.78 is 0. The molecule has 1 saturated heterocycles. The number of carbonyl (C=O) groups excluding carboxylic acids is 1. The minimum absolute atomic E-state index is 0.254. The van der Waals surface area contributed by atoms with Crippen LogP contribution in [0.4, 0.5) is 11.4 Å². The van der Waals surface area contributed by atoms with E-state index in [9.17, 15) is 4.79 Å². The largest absolute Gasteiger partial charge is 0.388 e. The Labute approximate surface area is 96.5 Å². The molecule has 3 nitrogen and oxygen atoms in total. The summed E-state index contributed by atoms with van der Waals surface area (Å²) in [5, 5.41) is 3.08. The maximum absolute atomic E-state index is 11.8. The molecule has 1 N–H and O–H groups in total. The topological polar surface area (TPSA) is 32.3 Å². The summed E-state index contributed by atoms with van der Waals surface area (Å²) in [6.07, 6.45) is 2.70. The quantitative estimate of drug-likeness (QED) is 0.845. The Kier molecular flexibility index (Phi) is 3.13. The summed E-state index contributed by atoms with van der Waals surface area (Å²) in [5.74, 6) is 0.254. The number of hydrogen-bond donors (Lipinski definition) is 1. The first-order valence-corrected chi connectivity index (χ1v) is 5.86. The van der Waals surface area contributed by atoms with Crippen LogP contribution in [0.15, 0.2) is 24.3 Å². The summed E-state index contributed by atoms with van der Waals surface area (Å²) in [6.45, 7) is 2.14. The van der Waals surface area contributed by atoms with E-state index in [2.05, 4.69) is 12.2 Å². The lowest BCUT2D eigenvalue weighted by Crippen LogP contribution is -2.32. The lowest BCUT2D eigenvalue weighted by Gasteiger charge is -2.24. The molecule has 1 aliphatic rings. The summed E-state index contributed by atoms with van der Waals surface area (Å²) in [4.78, 5) is 13.8. The first-order chi connectivity index (χ1) is 7.76. The average molecular weight is 218 g/mol. The van der Waals surface area contributed by atoms with E-state index in [0.29, 0.717) is 12.5 Å². The van der Waals surface area contributed by atoms with Crippen LogP contribution >= 0.6 is 0 Å². The van der Waals surface area contributed by atoms with Gasteiger partial charge >= 0.3 is 0 Å². The molecule has 86 valence electrons. The van der Waals surface area contributed by atoms with E-state index >= 15 is 0 Å². The van der Waals surface area contributed by atoms with Gasteiger partial charge in [0.15, 0.2) is 0 Å². The van der Waals surface area contributed by atoms with Crippen LogP contribution in [-0.4, -0.2) is 19.0 Å². The summed E-state index contributed by atoms with van der Waals surface area (Å²) in [5.41, 5.74) is 2.09. The highest BCUT2D eigenvalue weighted by Crippen LogP contribution is 2.28. The Morgan fingerprint density at radius 3 is 2.62 bits per heavy atom. The second-order valence-electron chi connectivity index (χ2n) is 4.16. The van der Waals surface area contributed by atoms with Gasteiger partial charge in [0, 0.05) is 30.9 Å². The number of amides is 1. The molecule has 0 radical (unpaired) electrons. The van der Waals surface area contributed by atoms with Crippen molar-refractivity contribution in [1.82, 2.24) is 0 Å². The van der Waals surface area contributed by atoms with Crippen molar-refractivity contribution in [2.45, 2.75) is 32.2 Å². The number of nitrogens with one attached hydrogen (secondary N) is 1. The smallest absolute Gasteiger partial charge is 0.227 e. The maximum Gasteiger partial charge on any atom is 0.227 e. The molecule has 2 rings (SSSR count). The molecule has 16 heavy (non-hydrogen) atoms. The third-order valence-electron chi connectivity index (χ3n) is 3.23. The fourth-order valence-corrected chi connectivity index (χ4v) is 2.27. The van der Waals surface area contributed by atoms with E-state index in [0.717, 1.165) is 24.2 Å². The Morgan fingerprint density at radius 1 is 1.38 bits per heavy atom. The van der Waals surface area contributed by atoms with Crippen LogP contribution in [-0.2, 0) is 4.79 Å². The van der Waals surface area contributed by atoms with E-state index in [4.69, 9.17) is 0 Å². The third-order valence-corrected chi connectivity index (χ3v) is 3.23. The van der Waals surface area contributed by atoms with Gasteiger partial charge in [-0.2, -0.15) is 0 Å². The Morgan fingerprint density at radius 2 is 2.06 bits per heavy atom. The van der Waals surface area contributed by atoms with E-state index in [1.54, 1.807) is 0 Å². The third kappa shape index (κ3) is 1.90. The fourth-order valence-electron chi connectivity index (χ4n) is 2.27. The molecule has 1 atom stereocenters. The number of hydrogen-bond acceptors (Lipinski definition) is 2. The van der Waals surface area contributed by atoms with Crippen molar-refractivity contribution >= 4 is 17.3 Å². The van der Waals surface area contributed by atoms with E-state index < -0.39 is 0 Å². The number of benzene rings is 1. The van der Waals surface area contributed by atoms with Crippen molar-refractivity contribution in [2.75, 3.05) is 17.3 Å². The van der Waals surface area contributed by atoms with Gasteiger partial charge in [0.25, 0.3) is 0 Å². The van der Waals surface area contributed by atoms with Crippen LogP contribution in [0.3, 0.4) is 0 Å². The lowest BCUT2D eigenvalue weighted by atomic mass is 10.1. The molecular formula is C13H18N2O. The molecule has 0 bridgehead atoms. The van der Waals surface area contributed by atoms with Crippen molar-refractivity contribution in [1.29, 1.82) is 0 Å². The van der Waals surface area contributed by atoms with Gasteiger partial charge in [-0.05, 0) is 37.1 Å². The van der Waals surface area contributed by atoms with Gasteiger partial charge < -0.3 is 10.2 Å². The number of carbonyl (C=O) groups is 1. The minimum atomic E-state index is 0.254. The number of rotatable bonds is 3. The van der Waals surface area contributed by atoms with E-state index in [1.807, 2.05) is 36.2 Å². The highest BCUT2D eigenvalue weighted by Gasteiger charge is 2.30. The Bertz CT molecular complexity index is 372. The Hall–Kier alpha value is -1.51. The second-order valence-corrected chi connectivity index (χ2v) is 4.16. The van der Waals surface area contributed by atoms with Crippen LogP contribution in [0.2, 0.25) is 0 Å². The van der Waals surface area contributed by atoms with Crippen LogP contribution < -0.4 is 10.2 Å². The van der Waals surface area contributed by atoms with Crippen molar-refractivity contribution in [2.24, 2.45) is 0 Å². The van der Waals surface area contributed by atoms with Crippen molar-refractivity contribution in [3.05, 3.63) is 24.3 Å². The van der Waals surface area contributed by atoms with Crippen LogP contribution in [0.25, 0.3) is 0 Å². The van der Waals surface area contributed by atoms with E-state index in [1.165, 1.54) is 0 Å². The molecule has 0 aromatic heterocycles. The van der Waals surface area contributed by atoms with E-state index in [-0.39, 0.29) is 5.91 Å². The average Bonchev–Trinajstić information content (AvgIpc) is 2.70. The van der Waals surface area contributed by atoms with Gasteiger partial charge in [0.2, 0.25) is 5.91 Å². The van der Waals surface area contributed by atoms with Crippen molar-refractivity contribution in [3.63, 3.8) is 0 Å². The standard InChI is InChI=1S/C13H18N2O/c1-3-11-8-9-13(16)15(11)12-6-4-10(14-2)5-7-12/h4-7,11,14H,3,8-9H2,1-2H3. The zero-order valence-electron chi connectivity index (χ0n) is 9.86. The van der Waals surface area contributed by atoms with Crippen molar-refractivity contribution < 1.29 is 4.79 Å². The lowest BCUT2D eigenvalue weighted by molar-refractivity contribution is -0.117. The molecule has 1 fully saturated rings. The zero-order chi connectivity index (χ0) is 11.5. The van der Waals surface area contributed by atoms with Gasteiger partial charge in [0.05, 0.1) is 0 Å². The van der Waals surface area contributed by atoms with Gasteiger partial charge in [-0.25, -0.2) is 0 Å². The molecule has 1 aliphatic heterocycles. The minimum Gasteiger partial charge on any atom is -0.388 e. The molecule has 1 amide bonds. The molecule has 0 spiro atoms. The summed E-state index contributed by atoms with van der Waals surface area (Å²) >= 11 is 0. The SMILES string of the molecule is CCC1CCC(=O)N1c1ccc(NC)cc1. The van der Waals surface area contributed by atoms with Crippen LogP contribution in [0, 0.1) is 0 Å².